The van der Waals surface area contributed by atoms with Gasteiger partial charge >= 0.3 is 0 Å². The number of aromatic hydroxyl groups is 1. The smallest absolute Gasteiger partial charge is 0.160 e. The number of benzene rings is 1. The molecule has 0 bridgehead atoms. The van der Waals surface area contributed by atoms with Crippen LogP contribution in [0.1, 0.15) is 11.4 Å². The molecule has 0 atom stereocenters. The molecule has 0 radical (unpaired) electrons. The SMILES string of the molecule is Cc1cc(C)n(-c2ccc3c(Cl)cc(Cl)c(O)c3n2)n1. The topological polar surface area (TPSA) is 50.9 Å². The van der Waals surface area contributed by atoms with Gasteiger partial charge in [0.15, 0.2) is 11.6 Å². The third kappa shape index (κ3) is 2.01. The number of phenolic OH excluding ortho intramolecular Hbond substituents is 1. The molecule has 102 valence electrons. The van der Waals surface area contributed by atoms with Gasteiger partial charge in [-0.1, -0.05) is 23.2 Å². The van der Waals surface area contributed by atoms with Crippen molar-refractivity contribution >= 4 is 34.1 Å². The molecule has 3 aromatic rings. The van der Waals surface area contributed by atoms with Crippen LogP contribution < -0.4 is 0 Å². The number of pyridine rings is 1. The van der Waals surface area contributed by atoms with E-state index in [-0.39, 0.29) is 10.8 Å². The number of fused-ring (bicyclic) bond motifs is 1. The maximum atomic E-state index is 10.0. The van der Waals surface area contributed by atoms with Crippen LogP contribution in [-0.2, 0) is 0 Å². The molecule has 1 N–H and O–H groups in total. The van der Waals surface area contributed by atoms with Crippen LogP contribution in [0.3, 0.4) is 0 Å². The fourth-order valence-corrected chi connectivity index (χ4v) is 2.69. The quantitative estimate of drug-likeness (QED) is 0.738. The van der Waals surface area contributed by atoms with E-state index in [2.05, 4.69) is 10.1 Å². The third-order valence-electron chi connectivity index (χ3n) is 3.07. The molecule has 3 rings (SSSR count). The minimum absolute atomic E-state index is 0.0746. The Morgan fingerprint density at radius 3 is 2.50 bits per heavy atom. The molecule has 0 aliphatic rings. The number of rotatable bonds is 1. The number of halogens is 2. The van der Waals surface area contributed by atoms with E-state index in [4.69, 9.17) is 23.2 Å². The summed E-state index contributed by atoms with van der Waals surface area (Å²) >= 11 is 12.0. The molecule has 1 aromatic carbocycles. The number of hydrogen-bond donors (Lipinski definition) is 1. The lowest BCUT2D eigenvalue weighted by Crippen LogP contribution is -2.02. The summed E-state index contributed by atoms with van der Waals surface area (Å²) in [4.78, 5) is 4.42. The number of aryl methyl sites for hydroxylation is 2. The van der Waals surface area contributed by atoms with E-state index in [1.165, 1.54) is 6.07 Å². The fraction of sp³-hybridized carbons (Fsp3) is 0.143. The van der Waals surface area contributed by atoms with Gasteiger partial charge in [-0.3, -0.25) is 0 Å². The first-order valence-electron chi connectivity index (χ1n) is 5.98. The van der Waals surface area contributed by atoms with Crippen LogP contribution in [0.25, 0.3) is 16.7 Å². The van der Waals surface area contributed by atoms with E-state index in [1.807, 2.05) is 19.9 Å². The van der Waals surface area contributed by atoms with Crippen LogP contribution in [-0.4, -0.2) is 19.9 Å². The molecule has 0 saturated carbocycles. The lowest BCUT2D eigenvalue weighted by Gasteiger charge is -2.08. The van der Waals surface area contributed by atoms with Gasteiger partial charge in [0.2, 0.25) is 0 Å². The number of nitrogens with zero attached hydrogens (tertiary/aromatic N) is 3. The zero-order valence-corrected chi connectivity index (χ0v) is 12.4. The Bertz CT molecular complexity index is 827. The highest BCUT2D eigenvalue weighted by Crippen LogP contribution is 2.36. The van der Waals surface area contributed by atoms with Crippen molar-refractivity contribution in [3.63, 3.8) is 0 Å². The molecule has 0 spiro atoms. The van der Waals surface area contributed by atoms with Crippen molar-refractivity contribution < 1.29 is 5.11 Å². The first-order chi connectivity index (χ1) is 9.47. The zero-order valence-electron chi connectivity index (χ0n) is 10.9. The van der Waals surface area contributed by atoms with Gasteiger partial charge in [-0.05, 0) is 38.1 Å². The number of phenols is 1. The van der Waals surface area contributed by atoms with Crippen molar-refractivity contribution in [1.82, 2.24) is 14.8 Å². The van der Waals surface area contributed by atoms with E-state index in [0.717, 1.165) is 11.4 Å². The van der Waals surface area contributed by atoms with Gasteiger partial charge in [-0.15, -0.1) is 0 Å². The average Bonchev–Trinajstić information content (AvgIpc) is 2.74. The van der Waals surface area contributed by atoms with E-state index < -0.39 is 0 Å². The molecular formula is C14H11Cl2N3O. The molecule has 2 aromatic heterocycles. The minimum atomic E-state index is -0.0746. The molecule has 20 heavy (non-hydrogen) atoms. The van der Waals surface area contributed by atoms with Gasteiger partial charge < -0.3 is 5.11 Å². The second-order valence-corrected chi connectivity index (χ2v) is 5.41. The summed E-state index contributed by atoms with van der Waals surface area (Å²) < 4.78 is 1.71. The molecular weight excluding hydrogens is 297 g/mol. The Hall–Kier alpha value is -1.78. The predicted octanol–water partition coefficient (Wildman–Crippen LogP) is 4.05. The average molecular weight is 308 g/mol. The molecule has 4 nitrogen and oxygen atoms in total. The van der Waals surface area contributed by atoms with Crippen LogP contribution in [0.5, 0.6) is 5.75 Å². The number of aromatic nitrogens is 3. The normalized spacial score (nSPS) is 11.2. The Morgan fingerprint density at radius 1 is 1.10 bits per heavy atom. The first kappa shape index (κ1) is 13.2. The van der Waals surface area contributed by atoms with Gasteiger partial charge in [0.05, 0.1) is 15.7 Å². The number of hydrogen-bond acceptors (Lipinski definition) is 3. The van der Waals surface area contributed by atoms with E-state index in [9.17, 15) is 5.11 Å². The summed E-state index contributed by atoms with van der Waals surface area (Å²) in [5.41, 5.74) is 2.23. The van der Waals surface area contributed by atoms with Crippen molar-refractivity contribution in [1.29, 1.82) is 0 Å². The Labute approximate surface area is 125 Å². The third-order valence-corrected chi connectivity index (χ3v) is 3.67. The predicted molar refractivity (Wildman–Crippen MR) is 80.0 cm³/mol. The monoisotopic (exact) mass is 307 g/mol. The van der Waals surface area contributed by atoms with Crippen molar-refractivity contribution in [3.05, 3.63) is 45.7 Å². The van der Waals surface area contributed by atoms with Crippen molar-refractivity contribution in [3.8, 4) is 11.6 Å². The highest BCUT2D eigenvalue weighted by atomic mass is 35.5. The second-order valence-electron chi connectivity index (χ2n) is 4.59. The first-order valence-corrected chi connectivity index (χ1v) is 6.74. The zero-order chi connectivity index (χ0) is 14.4. The molecule has 0 saturated heterocycles. The molecule has 0 amide bonds. The van der Waals surface area contributed by atoms with Crippen LogP contribution >= 0.6 is 23.2 Å². The van der Waals surface area contributed by atoms with E-state index in [1.54, 1.807) is 16.8 Å². The van der Waals surface area contributed by atoms with Crippen molar-refractivity contribution in [2.75, 3.05) is 0 Å². The lowest BCUT2D eigenvalue weighted by molar-refractivity contribution is 0.480. The molecule has 6 heteroatoms. The van der Waals surface area contributed by atoms with Gasteiger partial charge in [-0.2, -0.15) is 5.10 Å². The molecule has 0 aliphatic heterocycles. The summed E-state index contributed by atoms with van der Waals surface area (Å²) in [5, 5.41) is 15.7. The summed E-state index contributed by atoms with van der Waals surface area (Å²) in [6.45, 7) is 3.85. The lowest BCUT2D eigenvalue weighted by atomic mass is 10.2. The summed E-state index contributed by atoms with van der Waals surface area (Å²) in [7, 11) is 0. The maximum absolute atomic E-state index is 10.0. The standard InChI is InChI=1S/C14H11Cl2N3O/c1-7-5-8(2)19(18-7)12-4-3-9-10(15)6-11(16)14(20)13(9)17-12/h3-6,20H,1-2H3. The highest BCUT2D eigenvalue weighted by Gasteiger charge is 2.13. The van der Waals surface area contributed by atoms with E-state index in [0.29, 0.717) is 21.7 Å². The fourth-order valence-electron chi connectivity index (χ4n) is 2.17. The minimum Gasteiger partial charge on any atom is -0.504 e. The van der Waals surface area contributed by atoms with Crippen LogP contribution in [0.4, 0.5) is 0 Å². The molecule has 0 unspecified atom stereocenters. The maximum Gasteiger partial charge on any atom is 0.160 e. The molecule has 0 fully saturated rings. The highest BCUT2D eigenvalue weighted by molar-refractivity contribution is 6.39. The van der Waals surface area contributed by atoms with Gasteiger partial charge in [0, 0.05) is 11.1 Å². The summed E-state index contributed by atoms with van der Waals surface area (Å²) in [6, 6.07) is 7.07. The molecule has 0 aliphatic carbocycles. The summed E-state index contributed by atoms with van der Waals surface area (Å²) in [6.07, 6.45) is 0. The largest absolute Gasteiger partial charge is 0.504 e. The van der Waals surface area contributed by atoms with Crippen LogP contribution in [0.15, 0.2) is 24.3 Å². The Kier molecular flexibility index (Phi) is 3.07. The van der Waals surface area contributed by atoms with Crippen LogP contribution in [0.2, 0.25) is 10.0 Å². The second kappa shape index (κ2) is 4.65. The Morgan fingerprint density at radius 2 is 1.85 bits per heavy atom. The van der Waals surface area contributed by atoms with Crippen molar-refractivity contribution in [2.24, 2.45) is 0 Å². The van der Waals surface area contributed by atoms with Crippen LogP contribution in [0, 0.1) is 13.8 Å². The van der Waals surface area contributed by atoms with Gasteiger partial charge in [0.1, 0.15) is 5.52 Å². The van der Waals surface area contributed by atoms with Gasteiger partial charge in [0.25, 0.3) is 0 Å². The molecule has 2 heterocycles. The Balaban J connectivity index is 2.30. The van der Waals surface area contributed by atoms with Crippen molar-refractivity contribution in [2.45, 2.75) is 13.8 Å². The van der Waals surface area contributed by atoms with E-state index >= 15 is 0 Å². The van der Waals surface area contributed by atoms with Gasteiger partial charge in [-0.25, -0.2) is 9.67 Å². The summed E-state index contributed by atoms with van der Waals surface area (Å²) in [5.74, 6) is 0.534.